The van der Waals surface area contributed by atoms with Gasteiger partial charge in [-0.15, -0.1) is 10.2 Å². The lowest BCUT2D eigenvalue weighted by Crippen LogP contribution is -2.37. The van der Waals surface area contributed by atoms with Crippen molar-refractivity contribution in [3.63, 3.8) is 0 Å². The number of amides is 1. The molecule has 0 spiro atoms. The van der Waals surface area contributed by atoms with E-state index in [9.17, 15) is 4.79 Å². The summed E-state index contributed by atoms with van der Waals surface area (Å²) in [7, 11) is 4.60. The van der Waals surface area contributed by atoms with Crippen molar-refractivity contribution in [2.75, 3.05) is 27.1 Å². The first-order chi connectivity index (χ1) is 12.9. The summed E-state index contributed by atoms with van der Waals surface area (Å²) in [4.78, 5) is 12.0. The third kappa shape index (κ3) is 5.29. The van der Waals surface area contributed by atoms with Crippen LogP contribution in [0.3, 0.4) is 0 Å². The van der Waals surface area contributed by atoms with E-state index in [1.807, 2.05) is 6.92 Å². The van der Waals surface area contributed by atoms with Gasteiger partial charge in [0.05, 0.1) is 27.1 Å². The zero-order valence-corrected chi connectivity index (χ0v) is 17.2. The average Bonchev–Trinajstić information content (AvgIpc) is 3.14. The van der Waals surface area contributed by atoms with Gasteiger partial charge in [0.1, 0.15) is 0 Å². The molecule has 9 heteroatoms. The molecular weight excluding hydrogens is 370 g/mol. The summed E-state index contributed by atoms with van der Waals surface area (Å²) in [6.07, 6.45) is 0. The Kier molecular flexibility index (Phi) is 7.35. The van der Waals surface area contributed by atoms with Gasteiger partial charge in [0.15, 0.2) is 11.5 Å². The van der Waals surface area contributed by atoms with E-state index in [1.165, 1.54) is 33.1 Å². The number of thioether (sulfide) groups is 1. The number of rotatable bonds is 9. The van der Waals surface area contributed by atoms with Gasteiger partial charge in [-0.25, -0.2) is 0 Å². The Balaban J connectivity index is 2.10. The highest BCUT2D eigenvalue weighted by atomic mass is 32.2. The molecule has 1 aromatic carbocycles. The van der Waals surface area contributed by atoms with E-state index in [0.717, 1.165) is 0 Å². The molecule has 1 aromatic heterocycles. The molecule has 2 rings (SSSR count). The van der Waals surface area contributed by atoms with Gasteiger partial charge in [-0.3, -0.25) is 4.79 Å². The SMILES string of the molecule is COc1cc(-c2nnc(SCC(=O)N[C@@H](C)C(C)C)o2)cc(OC)c1OC. The van der Waals surface area contributed by atoms with Gasteiger partial charge < -0.3 is 23.9 Å². The predicted octanol–water partition coefficient (Wildman–Crippen LogP) is 3.02. The fourth-order valence-corrected chi connectivity index (χ4v) is 2.75. The van der Waals surface area contributed by atoms with Crippen LogP contribution in [0.5, 0.6) is 17.2 Å². The summed E-state index contributed by atoms with van der Waals surface area (Å²) in [5.74, 6) is 2.25. The Bertz CT molecular complexity index is 753. The van der Waals surface area contributed by atoms with Crippen molar-refractivity contribution >= 4 is 17.7 Å². The Morgan fingerprint density at radius 1 is 1.11 bits per heavy atom. The quantitative estimate of drug-likeness (QED) is 0.648. The average molecular weight is 395 g/mol. The van der Waals surface area contributed by atoms with Crippen LogP contribution >= 0.6 is 11.8 Å². The van der Waals surface area contributed by atoms with E-state index in [1.54, 1.807) is 12.1 Å². The number of methoxy groups -OCH3 is 3. The lowest BCUT2D eigenvalue weighted by Gasteiger charge is -2.16. The Labute approximate surface area is 163 Å². The monoisotopic (exact) mass is 395 g/mol. The molecule has 148 valence electrons. The first kappa shape index (κ1) is 20.9. The summed E-state index contributed by atoms with van der Waals surface area (Å²) in [5, 5.41) is 11.3. The standard InChI is InChI=1S/C18H25N3O5S/c1-10(2)11(3)19-15(22)9-27-18-21-20-17(26-18)12-7-13(23-4)16(25-6)14(8-12)24-5/h7-8,10-11H,9H2,1-6H3,(H,19,22)/t11-/m0/s1. The Morgan fingerprint density at radius 2 is 1.74 bits per heavy atom. The Hall–Kier alpha value is -2.42. The molecule has 0 unspecified atom stereocenters. The second kappa shape index (κ2) is 9.50. The molecule has 0 aliphatic heterocycles. The third-order valence-electron chi connectivity index (χ3n) is 4.03. The minimum Gasteiger partial charge on any atom is -0.493 e. The van der Waals surface area contributed by atoms with Crippen molar-refractivity contribution in [2.24, 2.45) is 5.92 Å². The van der Waals surface area contributed by atoms with E-state index >= 15 is 0 Å². The number of benzene rings is 1. The number of ether oxygens (including phenoxy) is 3. The molecule has 1 N–H and O–H groups in total. The normalized spacial score (nSPS) is 12.0. The first-order valence-corrected chi connectivity index (χ1v) is 9.44. The maximum absolute atomic E-state index is 12.0. The molecule has 0 fully saturated rings. The summed E-state index contributed by atoms with van der Waals surface area (Å²) in [6, 6.07) is 3.55. The summed E-state index contributed by atoms with van der Waals surface area (Å²) >= 11 is 1.19. The van der Waals surface area contributed by atoms with Crippen molar-refractivity contribution in [1.29, 1.82) is 0 Å². The van der Waals surface area contributed by atoms with Crippen molar-refractivity contribution in [3.8, 4) is 28.7 Å². The molecule has 0 saturated heterocycles. The van der Waals surface area contributed by atoms with Crippen LogP contribution in [0.25, 0.3) is 11.5 Å². The van der Waals surface area contributed by atoms with Gasteiger partial charge in [-0.1, -0.05) is 25.6 Å². The number of aromatic nitrogens is 2. The fraction of sp³-hybridized carbons (Fsp3) is 0.500. The minimum atomic E-state index is -0.0752. The molecule has 0 saturated carbocycles. The van der Waals surface area contributed by atoms with Crippen molar-refractivity contribution < 1.29 is 23.4 Å². The highest BCUT2D eigenvalue weighted by Crippen LogP contribution is 2.41. The fourth-order valence-electron chi connectivity index (χ4n) is 2.18. The molecule has 27 heavy (non-hydrogen) atoms. The van der Waals surface area contributed by atoms with Gasteiger partial charge in [-0.05, 0) is 25.0 Å². The van der Waals surface area contributed by atoms with Gasteiger partial charge >= 0.3 is 0 Å². The molecule has 0 aliphatic carbocycles. The van der Waals surface area contributed by atoms with Crippen LogP contribution in [-0.2, 0) is 4.79 Å². The smallest absolute Gasteiger partial charge is 0.277 e. The van der Waals surface area contributed by atoms with E-state index in [-0.39, 0.29) is 17.7 Å². The zero-order valence-electron chi connectivity index (χ0n) is 16.4. The lowest BCUT2D eigenvalue weighted by atomic mass is 10.1. The predicted molar refractivity (Wildman–Crippen MR) is 103 cm³/mol. The molecule has 0 aliphatic rings. The lowest BCUT2D eigenvalue weighted by molar-refractivity contribution is -0.119. The molecule has 2 aromatic rings. The molecule has 1 heterocycles. The van der Waals surface area contributed by atoms with Crippen molar-refractivity contribution in [3.05, 3.63) is 12.1 Å². The van der Waals surface area contributed by atoms with Crippen LogP contribution < -0.4 is 19.5 Å². The number of nitrogens with one attached hydrogen (secondary N) is 1. The molecule has 8 nitrogen and oxygen atoms in total. The van der Waals surface area contributed by atoms with Gasteiger partial charge in [-0.2, -0.15) is 0 Å². The molecular formula is C18H25N3O5S. The topological polar surface area (TPSA) is 95.7 Å². The maximum atomic E-state index is 12.0. The van der Waals surface area contributed by atoms with Gasteiger partial charge in [0.25, 0.3) is 5.22 Å². The zero-order chi connectivity index (χ0) is 20.0. The van der Waals surface area contributed by atoms with E-state index in [2.05, 4.69) is 29.4 Å². The third-order valence-corrected chi connectivity index (χ3v) is 4.85. The van der Waals surface area contributed by atoms with Crippen LogP contribution in [0.2, 0.25) is 0 Å². The number of nitrogens with zero attached hydrogens (tertiary/aromatic N) is 2. The minimum absolute atomic E-state index is 0.0752. The first-order valence-electron chi connectivity index (χ1n) is 8.45. The van der Waals surface area contributed by atoms with Gasteiger partial charge in [0, 0.05) is 11.6 Å². The second-order valence-corrected chi connectivity index (χ2v) is 7.10. The molecule has 0 bridgehead atoms. The van der Waals surface area contributed by atoms with Crippen LogP contribution in [0.1, 0.15) is 20.8 Å². The van der Waals surface area contributed by atoms with Crippen LogP contribution in [0.15, 0.2) is 21.8 Å². The van der Waals surface area contributed by atoms with Crippen molar-refractivity contribution in [2.45, 2.75) is 32.0 Å². The van der Waals surface area contributed by atoms with Gasteiger partial charge in [0.2, 0.25) is 17.5 Å². The van der Waals surface area contributed by atoms with Crippen molar-refractivity contribution in [1.82, 2.24) is 15.5 Å². The maximum Gasteiger partial charge on any atom is 0.277 e. The van der Waals surface area contributed by atoms with Crippen LogP contribution in [-0.4, -0.2) is 49.2 Å². The number of carbonyl (C=O) groups is 1. The van der Waals surface area contributed by atoms with E-state index in [0.29, 0.717) is 39.8 Å². The van der Waals surface area contributed by atoms with E-state index < -0.39 is 0 Å². The summed E-state index contributed by atoms with van der Waals surface area (Å²) < 4.78 is 21.6. The molecule has 0 radical (unpaired) electrons. The second-order valence-electron chi connectivity index (χ2n) is 6.18. The molecule has 1 amide bonds. The highest BCUT2D eigenvalue weighted by molar-refractivity contribution is 7.99. The summed E-state index contributed by atoms with van der Waals surface area (Å²) in [5.41, 5.74) is 0.627. The number of hydrogen-bond acceptors (Lipinski definition) is 8. The van der Waals surface area contributed by atoms with E-state index in [4.69, 9.17) is 18.6 Å². The van der Waals surface area contributed by atoms with Crippen LogP contribution in [0.4, 0.5) is 0 Å². The summed E-state index contributed by atoms with van der Waals surface area (Å²) in [6.45, 7) is 6.09. The largest absolute Gasteiger partial charge is 0.493 e. The molecule has 1 atom stereocenters. The highest BCUT2D eigenvalue weighted by Gasteiger charge is 2.18. The van der Waals surface area contributed by atoms with Crippen LogP contribution in [0, 0.1) is 5.92 Å². The number of hydrogen-bond donors (Lipinski definition) is 1. The Morgan fingerprint density at radius 3 is 2.26 bits per heavy atom. The number of carbonyl (C=O) groups excluding carboxylic acids is 1.